The minimum Gasteiger partial charge on any atom is -0.380 e. The zero-order chi connectivity index (χ0) is 23.5. The molecule has 2 aromatic carbocycles. The maximum Gasteiger partial charge on any atom is 0.254 e. The highest BCUT2D eigenvalue weighted by Crippen LogP contribution is 2.40. The predicted octanol–water partition coefficient (Wildman–Crippen LogP) is 4.12. The highest BCUT2D eigenvalue weighted by atomic mass is 35.5. The Balaban J connectivity index is 1.82. The van der Waals surface area contributed by atoms with Crippen LogP contribution in [0.4, 0.5) is 10.1 Å². The Morgan fingerprint density at radius 2 is 2.03 bits per heavy atom. The molecule has 3 rings (SSSR count). The molecule has 172 valence electrons. The molecule has 1 N–H and O–H groups in total. The van der Waals surface area contributed by atoms with Gasteiger partial charge in [-0.15, -0.1) is 0 Å². The van der Waals surface area contributed by atoms with E-state index in [4.69, 9.17) is 16.3 Å². The van der Waals surface area contributed by atoms with Crippen molar-refractivity contribution in [2.45, 2.75) is 31.5 Å². The Morgan fingerprint density at radius 3 is 2.66 bits per heavy atom. The van der Waals surface area contributed by atoms with Gasteiger partial charge in [-0.3, -0.25) is 4.79 Å². The summed E-state index contributed by atoms with van der Waals surface area (Å²) in [6, 6.07) is 11.3. The number of benzene rings is 2. The zero-order valence-corrected chi connectivity index (χ0v) is 19.7. The standard InChI is InChI=1S/C23H26ClFN2O4S/c1-15(10-11-32(3,29)30)26-23(28)19-9-8-16(12-21(19)25)27-14-17(31-2)13-22(27)18-6-4-5-7-20(18)24/h4-12,15,17,22H,13-14H2,1-3H3,(H,26,28)/b11-10+/t15-,17?,22?/m1/s1. The van der Waals surface area contributed by atoms with Crippen LogP contribution in [0.2, 0.25) is 5.02 Å². The van der Waals surface area contributed by atoms with Crippen molar-refractivity contribution in [3.8, 4) is 0 Å². The van der Waals surface area contributed by atoms with E-state index >= 15 is 0 Å². The fourth-order valence-electron chi connectivity index (χ4n) is 3.75. The summed E-state index contributed by atoms with van der Waals surface area (Å²) < 4.78 is 42.9. The molecule has 0 aliphatic carbocycles. The number of amides is 1. The van der Waals surface area contributed by atoms with E-state index in [2.05, 4.69) is 5.32 Å². The van der Waals surface area contributed by atoms with Crippen LogP contribution in [0.25, 0.3) is 0 Å². The number of nitrogens with one attached hydrogen (secondary N) is 1. The van der Waals surface area contributed by atoms with Gasteiger partial charge in [0.05, 0.1) is 17.7 Å². The Morgan fingerprint density at radius 1 is 1.31 bits per heavy atom. The summed E-state index contributed by atoms with van der Waals surface area (Å²) in [4.78, 5) is 14.5. The third kappa shape index (κ3) is 5.88. The Bertz CT molecular complexity index is 1120. The van der Waals surface area contributed by atoms with E-state index in [1.807, 2.05) is 29.2 Å². The number of rotatable bonds is 7. The summed E-state index contributed by atoms with van der Waals surface area (Å²) in [5, 5.41) is 4.21. The van der Waals surface area contributed by atoms with E-state index in [0.29, 0.717) is 23.7 Å². The van der Waals surface area contributed by atoms with E-state index in [0.717, 1.165) is 17.2 Å². The van der Waals surface area contributed by atoms with Gasteiger partial charge in [-0.25, -0.2) is 12.8 Å². The van der Waals surface area contributed by atoms with Gasteiger partial charge in [-0.2, -0.15) is 0 Å². The van der Waals surface area contributed by atoms with Crippen molar-refractivity contribution in [3.63, 3.8) is 0 Å². The number of hydrogen-bond donors (Lipinski definition) is 1. The minimum absolute atomic E-state index is 0.0372. The van der Waals surface area contributed by atoms with Crippen LogP contribution in [0.1, 0.15) is 35.3 Å². The summed E-state index contributed by atoms with van der Waals surface area (Å²) >= 11 is 6.41. The molecule has 1 fully saturated rings. The lowest BCUT2D eigenvalue weighted by molar-refractivity contribution is 0.0943. The van der Waals surface area contributed by atoms with Gasteiger partial charge >= 0.3 is 0 Å². The van der Waals surface area contributed by atoms with Gasteiger partial charge in [0.25, 0.3) is 5.91 Å². The number of carbonyl (C=O) groups is 1. The maximum absolute atomic E-state index is 14.9. The van der Waals surface area contributed by atoms with Crippen molar-refractivity contribution < 1.29 is 22.3 Å². The molecule has 0 spiro atoms. The molecule has 6 nitrogen and oxygen atoms in total. The van der Waals surface area contributed by atoms with Gasteiger partial charge in [0.2, 0.25) is 0 Å². The van der Waals surface area contributed by atoms with Crippen molar-refractivity contribution in [1.29, 1.82) is 0 Å². The number of anilines is 1. The van der Waals surface area contributed by atoms with Crippen LogP contribution < -0.4 is 10.2 Å². The molecule has 0 radical (unpaired) electrons. The fourth-order valence-corrected chi connectivity index (χ4v) is 4.54. The lowest BCUT2D eigenvalue weighted by atomic mass is 10.0. The van der Waals surface area contributed by atoms with Gasteiger partial charge < -0.3 is 15.0 Å². The molecule has 0 saturated carbocycles. The molecule has 1 aliphatic rings. The highest BCUT2D eigenvalue weighted by Gasteiger charge is 2.34. The number of hydrogen-bond acceptors (Lipinski definition) is 5. The summed E-state index contributed by atoms with van der Waals surface area (Å²) in [5.74, 6) is -1.29. The van der Waals surface area contributed by atoms with E-state index in [1.54, 1.807) is 20.1 Å². The number of nitrogens with zero attached hydrogens (tertiary/aromatic N) is 1. The van der Waals surface area contributed by atoms with Crippen molar-refractivity contribution >= 4 is 33.0 Å². The minimum atomic E-state index is -3.31. The third-order valence-corrected chi connectivity index (χ3v) is 6.36. The van der Waals surface area contributed by atoms with Crippen LogP contribution in [0, 0.1) is 5.82 Å². The van der Waals surface area contributed by atoms with E-state index in [9.17, 15) is 17.6 Å². The first-order valence-electron chi connectivity index (χ1n) is 10.1. The molecule has 2 aromatic rings. The molecule has 1 saturated heterocycles. The van der Waals surface area contributed by atoms with Crippen molar-refractivity contribution in [2.24, 2.45) is 0 Å². The average molecular weight is 481 g/mol. The smallest absolute Gasteiger partial charge is 0.254 e. The second-order valence-electron chi connectivity index (χ2n) is 7.87. The number of halogens is 2. The van der Waals surface area contributed by atoms with Crippen molar-refractivity contribution in [3.05, 3.63) is 75.9 Å². The number of ether oxygens (including phenoxy) is 1. The summed E-state index contributed by atoms with van der Waals surface area (Å²) in [7, 11) is -1.67. The predicted molar refractivity (Wildman–Crippen MR) is 124 cm³/mol. The molecule has 1 heterocycles. The molecular weight excluding hydrogens is 455 g/mol. The molecule has 32 heavy (non-hydrogen) atoms. The Kier molecular flexibility index (Phi) is 7.59. The van der Waals surface area contributed by atoms with Crippen LogP contribution in [0.15, 0.2) is 53.9 Å². The van der Waals surface area contributed by atoms with Crippen LogP contribution >= 0.6 is 11.6 Å². The summed E-state index contributed by atoms with van der Waals surface area (Å²) in [6.45, 7) is 2.17. The van der Waals surface area contributed by atoms with E-state index in [-0.39, 0.29) is 17.7 Å². The molecule has 0 bridgehead atoms. The normalized spacial score (nSPS) is 20.0. The molecule has 9 heteroatoms. The number of carbonyl (C=O) groups excluding carboxylic acids is 1. The topological polar surface area (TPSA) is 75.7 Å². The lowest BCUT2D eigenvalue weighted by Gasteiger charge is -2.28. The monoisotopic (exact) mass is 480 g/mol. The molecule has 0 aromatic heterocycles. The summed E-state index contributed by atoms with van der Waals surface area (Å²) in [5.41, 5.74) is 1.43. The first-order valence-corrected chi connectivity index (χ1v) is 12.4. The van der Waals surface area contributed by atoms with E-state index < -0.39 is 27.6 Å². The molecule has 2 unspecified atom stereocenters. The van der Waals surface area contributed by atoms with Crippen LogP contribution in [0.3, 0.4) is 0 Å². The highest BCUT2D eigenvalue weighted by molar-refractivity contribution is 7.93. The Hall–Kier alpha value is -2.42. The van der Waals surface area contributed by atoms with Crippen LogP contribution in [-0.4, -0.2) is 46.4 Å². The van der Waals surface area contributed by atoms with Crippen LogP contribution in [0.5, 0.6) is 0 Å². The Labute approximate surface area is 192 Å². The largest absolute Gasteiger partial charge is 0.380 e. The SMILES string of the molecule is COC1CC(c2ccccc2Cl)N(c2ccc(C(=O)N[C@H](C)/C=C/S(C)(=O)=O)c(F)c2)C1. The maximum atomic E-state index is 14.9. The quantitative estimate of drug-likeness (QED) is 0.645. The molecule has 1 aliphatic heterocycles. The zero-order valence-electron chi connectivity index (χ0n) is 18.1. The third-order valence-electron chi connectivity index (χ3n) is 5.36. The first-order chi connectivity index (χ1) is 15.1. The lowest BCUT2D eigenvalue weighted by Crippen LogP contribution is -2.32. The fraction of sp³-hybridized carbons (Fsp3) is 0.348. The summed E-state index contributed by atoms with van der Waals surface area (Å²) in [6.07, 6.45) is 3.06. The van der Waals surface area contributed by atoms with Crippen LogP contribution in [-0.2, 0) is 14.6 Å². The van der Waals surface area contributed by atoms with E-state index in [1.165, 1.54) is 18.2 Å². The van der Waals surface area contributed by atoms with Gasteiger partial charge in [0, 0.05) is 42.1 Å². The second kappa shape index (κ2) is 10.0. The molecule has 3 atom stereocenters. The number of sulfone groups is 1. The molecule has 1 amide bonds. The molecular formula is C23H26ClFN2O4S. The first kappa shape index (κ1) is 24.2. The average Bonchev–Trinajstić information content (AvgIpc) is 3.16. The van der Waals surface area contributed by atoms with Gasteiger partial charge in [-0.1, -0.05) is 35.9 Å². The van der Waals surface area contributed by atoms with Gasteiger partial charge in [0.1, 0.15) is 5.82 Å². The van der Waals surface area contributed by atoms with Gasteiger partial charge in [-0.05, 0) is 43.2 Å². The second-order valence-corrected chi connectivity index (χ2v) is 10.2. The van der Waals surface area contributed by atoms with Gasteiger partial charge in [0.15, 0.2) is 9.84 Å². The number of methoxy groups -OCH3 is 1. The van der Waals surface area contributed by atoms with Crippen molar-refractivity contribution in [1.82, 2.24) is 5.32 Å². The van der Waals surface area contributed by atoms with Crippen molar-refractivity contribution in [2.75, 3.05) is 24.8 Å².